The fourth-order valence-corrected chi connectivity index (χ4v) is 1.67. The molecule has 1 heterocycles. The van der Waals surface area contributed by atoms with Crippen molar-refractivity contribution >= 4 is 15.9 Å². The van der Waals surface area contributed by atoms with Gasteiger partial charge in [0.1, 0.15) is 5.75 Å². The Kier molecular flexibility index (Phi) is 5.22. The molecule has 0 aliphatic rings. The molecule has 5 heteroatoms. The predicted octanol–water partition coefficient (Wildman–Crippen LogP) is 3.81. The van der Waals surface area contributed by atoms with E-state index in [1.807, 2.05) is 0 Å². The average molecular weight is 348 g/mol. The molecule has 1 aromatic carbocycles. The van der Waals surface area contributed by atoms with Gasteiger partial charge < -0.3 is 5.11 Å². The minimum atomic E-state index is -1.29. The maximum atomic E-state index is 13.0. The summed E-state index contributed by atoms with van der Waals surface area (Å²) >= 11 is 2.82. The number of rotatable bonds is 2. The predicted molar refractivity (Wildman–Crippen MR) is 64.1 cm³/mol. The van der Waals surface area contributed by atoms with Crippen LogP contribution in [0.2, 0.25) is 0 Å². The second kappa shape index (κ2) is 6.22. The zero-order valence-electron chi connectivity index (χ0n) is 8.98. The van der Waals surface area contributed by atoms with E-state index in [9.17, 15) is 9.50 Å². The van der Waals surface area contributed by atoms with Crippen LogP contribution in [0.15, 0.2) is 42.5 Å². The Morgan fingerprint density at radius 1 is 1.12 bits per heavy atom. The Morgan fingerprint density at radius 2 is 1.82 bits per heavy atom. The molecule has 84 valence electrons. The van der Waals surface area contributed by atoms with E-state index in [-0.39, 0.29) is 25.2 Å². The van der Waals surface area contributed by atoms with Gasteiger partial charge in [-0.15, -0.1) is 0 Å². The van der Waals surface area contributed by atoms with Crippen molar-refractivity contribution in [3.05, 3.63) is 48.2 Å². The Labute approximate surface area is 120 Å². The minimum absolute atomic E-state index is 0. The van der Waals surface area contributed by atoms with Gasteiger partial charge >= 0.3 is 0 Å². The minimum Gasteiger partial charge on any atom is -0.507 e. The number of hydrogen-bond donors (Lipinski definition) is 1. The number of benzene rings is 1. The molecule has 0 aliphatic carbocycles. The van der Waals surface area contributed by atoms with Crippen molar-refractivity contribution in [2.24, 2.45) is 0 Å². The van der Waals surface area contributed by atoms with E-state index in [1.54, 1.807) is 42.5 Å². The summed E-state index contributed by atoms with van der Waals surface area (Å²) < 4.78 is 13.0. The molecule has 17 heavy (non-hydrogen) atoms. The maximum Gasteiger partial charge on any atom is 0.196 e. The van der Waals surface area contributed by atoms with Gasteiger partial charge in [-0.2, -0.15) is 0 Å². The van der Waals surface area contributed by atoms with Gasteiger partial charge in [0.15, 0.2) is 5.08 Å². The summed E-state index contributed by atoms with van der Waals surface area (Å²) in [7, 11) is 0. The average Bonchev–Trinajstić information content (AvgIpc) is 2.30. The van der Waals surface area contributed by atoms with Crippen molar-refractivity contribution < 1.29 is 29.0 Å². The van der Waals surface area contributed by atoms with E-state index in [0.29, 0.717) is 17.0 Å². The molecule has 1 unspecified atom stereocenters. The van der Waals surface area contributed by atoms with Gasteiger partial charge in [0, 0.05) is 25.0 Å². The third-order valence-corrected chi connectivity index (χ3v) is 2.64. The third-order valence-electron chi connectivity index (χ3n) is 2.17. The number of aromatic nitrogens is 1. The number of pyridine rings is 1. The van der Waals surface area contributed by atoms with Gasteiger partial charge in [-0.05, 0) is 40.2 Å². The fraction of sp³-hybridized carbons (Fsp3) is 0.0833. The van der Waals surface area contributed by atoms with Gasteiger partial charge in [-0.25, -0.2) is 9.37 Å². The summed E-state index contributed by atoms with van der Waals surface area (Å²) in [6.07, 6.45) is 0. The van der Waals surface area contributed by atoms with Gasteiger partial charge in [-0.3, -0.25) is 0 Å². The number of nitrogens with zero attached hydrogens (tertiary/aromatic N) is 1. The number of para-hydroxylation sites is 1. The first-order valence-corrected chi connectivity index (χ1v) is 5.63. The Hall–Kier alpha value is -0.797. The molecule has 2 rings (SSSR count). The second-order valence-corrected chi connectivity index (χ2v) is 4.07. The van der Waals surface area contributed by atoms with Gasteiger partial charge in [0.2, 0.25) is 0 Å². The van der Waals surface area contributed by atoms with Crippen molar-refractivity contribution in [2.75, 3.05) is 0 Å². The number of alkyl halides is 2. The molecular weight excluding hydrogens is 338 g/mol. The number of aromatic hydroxyl groups is 1. The zero-order valence-corrected chi connectivity index (χ0v) is 13.5. The monoisotopic (exact) mass is 345 g/mol. The van der Waals surface area contributed by atoms with Crippen LogP contribution in [0.5, 0.6) is 5.75 Å². The van der Waals surface area contributed by atoms with Crippen molar-refractivity contribution in [1.29, 1.82) is 0 Å². The molecule has 0 amide bonds. The fourth-order valence-electron chi connectivity index (χ4n) is 1.41. The van der Waals surface area contributed by atoms with E-state index in [4.69, 9.17) is 0 Å². The SMILES string of the molecule is Oc1ccccc1-c1cccc(C(F)Br)n1.[Zn]. The molecule has 0 fully saturated rings. The van der Waals surface area contributed by atoms with Crippen molar-refractivity contribution in [3.8, 4) is 17.0 Å². The van der Waals surface area contributed by atoms with Crippen LogP contribution in [0.1, 0.15) is 10.8 Å². The van der Waals surface area contributed by atoms with Gasteiger partial charge in [0.05, 0.1) is 11.4 Å². The van der Waals surface area contributed by atoms with E-state index < -0.39 is 5.08 Å². The van der Waals surface area contributed by atoms with E-state index in [2.05, 4.69) is 20.9 Å². The molecule has 0 radical (unpaired) electrons. The summed E-state index contributed by atoms with van der Waals surface area (Å²) in [4.78, 5) is 4.12. The number of phenols is 1. The van der Waals surface area contributed by atoms with E-state index >= 15 is 0 Å². The zero-order chi connectivity index (χ0) is 11.5. The largest absolute Gasteiger partial charge is 0.507 e. The van der Waals surface area contributed by atoms with Crippen molar-refractivity contribution in [3.63, 3.8) is 0 Å². The summed E-state index contributed by atoms with van der Waals surface area (Å²) in [5.74, 6) is 0.136. The first-order chi connectivity index (χ1) is 7.68. The van der Waals surface area contributed by atoms with Crippen LogP contribution in [0.4, 0.5) is 4.39 Å². The summed E-state index contributed by atoms with van der Waals surface area (Å²) in [5, 5.41) is 8.35. The van der Waals surface area contributed by atoms with Gasteiger partial charge in [0.25, 0.3) is 0 Å². The smallest absolute Gasteiger partial charge is 0.196 e. The van der Waals surface area contributed by atoms with Crippen molar-refractivity contribution in [1.82, 2.24) is 4.98 Å². The Bertz CT molecular complexity index is 507. The molecular formula is C12H9BrFNOZn. The molecule has 0 bridgehead atoms. The normalized spacial score (nSPS) is 11.6. The topological polar surface area (TPSA) is 33.1 Å². The van der Waals surface area contributed by atoms with Crippen LogP contribution in [0.3, 0.4) is 0 Å². The van der Waals surface area contributed by atoms with E-state index in [0.717, 1.165) is 0 Å². The Morgan fingerprint density at radius 3 is 2.47 bits per heavy atom. The number of halogens is 2. The second-order valence-electron chi connectivity index (χ2n) is 3.27. The molecule has 1 atom stereocenters. The standard InChI is InChI=1S/C12H9BrFNO.Zn/c13-12(14)10-6-3-5-9(15-10)8-4-1-2-7-11(8)16;/h1-7,12,16H;. The first-order valence-electron chi connectivity index (χ1n) is 4.72. The van der Waals surface area contributed by atoms with Crippen LogP contribution in [-0.2, 0) is 19.5 Å². The molecule has 1 aromatic heterocycles. The van der Waals surface area contributed by atoms with Crippen LogP contribution >= 0.6 is 15.9 Å². The summed E-state index contributed by atoms with van der Waals surface area (Å²) in [5.41, 5.74) is 1.44. The molecule has 2 aromatic rings. The molecule has 0 saturated heterocycles. The number of phenolic OH excluding ortho intramolecular Hbond substituents is 1. The molecule has 0 aliphatic heterocycles. The maximum absolute atomic E-state index is 13.0. The molecule has 0 spiro atoms. The van der Waals surface area contributed by atoms with Crippen LogP contribution < -0.4 is 0 Å². The quantitative estimate of drug-likeness (QED) is 0.662. The van der Waals surface area contributed by atoms with Crippen molar-refractivity contribution in [2.45, 2.75) is 5.08 Å². The molecule has 2 nitrogen and oxygen atoms in total. The first kappa shape index (κ1) is 14.3. The van der Waals surface area contributed by atoms with Crippen LogP contribution in [0.25, 0.3) is 11.3 Å². The van der Waals surface area contributed by atoms with Crippen LogP contribution in [0, 0.1) is 0 Å². The molecule has 1 N–H and O–H groups in total. The van der Waals surface area contributed by atoms with Crippen LogP contribution in [-0.4, -0.2) is 10.1 Å². The number of hydrogen-bond acceptors (Lipinski definition) is 2. The van der Waals surface area contributed by atoms with Gasteiger partial charge in [-0.1, -0.05) is 18.2 Å². The summed E-state index contributed by atoms with van der Waals surface area (Å²) in [6.45, 7) is 0. The third kappa shape index (κ3) is 3.33. The summed E-state index contributed by atoms with van der Waals surface area (Å²) in [6, 6.07) is 11.9. The molecule has 0 saturated carbocycles. The van der Waals surface area contributed by atoms with E-state index in [1.165, 1.54) is 0 Å². The Balaban J connectivity index is 0.00000144.